The quantitative estimate of drug-likeness (QED) is 0.777. The van der Waals surface area contributed by atoms with E-state index in [0.717, 1.165) is 25.9 Å². The van der Waals surface area contributed by atoms with E-state index in [2.05, 4.69) is 6.92 Å². The fraction of sp³-hybridized carbons (Fsp3) is 0.684. The van der Waals surface area contributed by atoms with E-state index in [4.69, 9.17) is 25.8 Å². The van der Waals surface area contributed by atoms with Crippen molar-refractivity contribution in [3.63, 3.8) is 0 Å². The van der Waals surface area contributed by atoms with Crippen molar-refractivity contribution in [1.29, 1.82) is 0 Å². The highest BCUT2D eigenvalue weighted by atomic mass is 35.5. The molecule has 134 valence electrons. The Morgan fingerprint density at radius 3 is 2.67 bits per heavy atom. The molecule has 0 radical (unpaired) electrons. The number of halogens is 2. The molecule has 0 aromatic heterocycles. The molecule has 3 rings (SSSR count). The summed E-state index contributed by atoms with van der Waals surface area (Å²) in [5, 5.41) is 0.126. The normalized spacial score (nSPS) is 31.0. The van der Waals surface area contributed by atoms with Gasteiger partial charge in [-0.1, -0.05) is 24.6 Å². The Balaban J connectivity index is 1.45. The van der Waals surface area contributed by atoms with Crippen molar-refractivity contribution in [2.24, 2.45) is 11.8 Å². The smallest absolute Gasteiger partial charge is 0.183 e. The standard InChI is InChI=1S/C19H26ClFO3/c1-12-3-7-16(23-9-12)14-5-6-15(22-10-14)11-24-17-8-4-13(2)18(20)19(17)21/h4,8,12,14-16H,3,5-7,9-11H2,1-2H3/t12?,14?,15-,16-/m0/s1. The molecule has 2 aliphatic heterocycles. The second-order valence-electron chi connectivity index (χ2n) is 7.17. The van der Waals surface area contributed by atoms with Crippen LogP contribution in [0.4, 0.5) is 4.39 Å². The highest BCUT2D eigenvalue weighted by molar-refractivity contribution is 6.31. The molecule has 1 aromatic carbocycles. The van der Waals surface area contributed by atoms with Gasteiger partial charge < -0.3 is 14.2 Å². The van der Waals surface area contributed by atoms with Crippen molar-refractivity contribution in [2.45, 2.75) is 51.7 Å². The molecule has 5 heteroatoms. The summed E-state index contributed by atoms with van der Waals surface area (Å²) in [6.07, 6.45) is 4.69. The van der Waals surface area contributed by atoms with Gasteiger partial charge in [-0.25, -0.2) is 4.39 Å². The van der Waals surface area contributed by atoms with E-state index in [1.54, 1.807) is 19.1 Å². The molecule has 24 heavy (non-hydrogen) atoms. The Hall–Kier alpha value is -0.840. The SMILES string of the molecule is Cc1ccc(OC[C@@H]2CCC([C@@H]3CCC(C)CO3)CO2)c(F)c1Cl. The second kappa shape index (κ2) is 8.03. The summed E-state index contributed by atoms with van der Waals surface area (Å²) in [7, 11) is 0. The van der Waals surface area contributed by atoms with Gasteiger partial charge >= 0.3 is 0 Å². The van der Waals surface area contributed by atoms with Crippen molar-refractivity contribution in [3.05, 3.63) is 28.5 Å². The lowest BCUT2D eigenvalue weighted by Crippen LogP contribution is -2.39. The zero-order valence-corrected chi connectivity index (χ0v) is 15.2. The molecule has 2 fully saturated rings. The largest absolute Gasteiger partial charge is 0.488 e. The van der Waals surface area contributed by atoms with E-state index < -0.39 is 5.82 Å². The van der Waals surface area contributed by atoms with Crippen molar-refractivity contribution in [3.8, 4) is 5.75 Å². The minimum absolute atomic E-state index is 0.00300. The van der Waals surface area contributed by atoms with Crippen molar-refractivity contribution in [2.75, 3.05) is 19.8 Å². The van der Waals surface area contributed by atoms with Crippen LogP contribution in [0.5, 0.6) is 5.75 Å². The first-order valence-corrected chi connectivity index (χ1v) is 9.23. The Labute approximate surface area is 148 Å². The summed E-state index contributed by atoms with van der Waals surface area (Å²) in [6, 6.07) is 3.39. The van der Waals surface area contributed by atoms with Crippen molar-refractivity contribution >= 4 is 11.6 Å². The lowest BCUT2D eigenvalue weighted by atomic mass is 9.87. The predicted molar refractivity (Wildman–Crippen MR) is 92.2 cm³/mol. The summed E-state index contributed by atoms with van der Waals surface area (Å²) in [5.41, 5.74) is 0.708. The van der Waals surface area contributed by atoms with Gasteiger partial charge in [-0.2, -0.15) is 0 Å². The van der Waals surface area contributed by atoms with Crippen LogP contribution in [0, 0.1) is 24.6 Å². The average Bonchev–Trinajstić information content (AvgIpc) is 2.60. The monoisotopic (exact) mass is 356 g/mol. The maximum atomic E-state index is 14.0. The molecule has 2 saturated heterocycles. The van der Waals surface area contributed by atoms with Gasteiger partial charge in [0.15, 0.2) is 11.6 Å². The molecule has 0 aliphatic carbocycles. The molecule has 2 unspecified atom stereocenters. The van der Waals surface area contributed by atoms with Crippen LogP contribution in [0.25, 0.3) is 0 Å². The number of hydrogen-bond acceptors (Lipinski definition) is 3. The second-order valence-corrected chi connectivity index (χ2v) is 7.54. The molecule has 0 saturated carbocycles. The maximum Gasteiger partial charge on any atom is 0.183 e. The molecular formula is C19H26ClFO3. The van der Waals surface area contributed by atoms with Crippen molar-refractivity contribution < 1.29 is 18.6 Å². The number of rotatable bonds is 4. The fourth-order valence-electron chi connectivity index (χ4n) is 3.45. The van der Waals surface area contributed by atoms with Gasteiger partial charge in [-0.15, -0.1) is 0 Å². The zero-order chi connectivity index (χ0) is 17.1. The predicted octanol–water partition coefficient (Wildman–Crippen LogP) is 4.78. The number of ether oxygens (including phenoxy) is 3. The first kappa shape index (κ1) is 18.0. The van der Waals surface area contributed by atoms with Crippen LogP contribution < -0.4 is 4.74 Å². The zero-order valence-electron chi connectivity index (χ0n) is 14.4. The lowest BCUT2D eigenvalue weighted by molar-refractivity contribution is -0.107. The molecule has 0 N–H and O–H groups in total. The molecule has 0 amide bonds. The molecule has 1 aromatic rings. The summed E-state index contributed by atoms with van der Waals surface area (Å²) in [4.78, 5) is 0. The molecule has 3 nitrogen and oxygen atoms in total. The third-order valence-electron chi connectivity index (χ3n) is 5.13. The van der Waals surface area contributed by atoms with E-state index in [9.17, 15) is 4.39 Å². The van der Waals surface area contributed by atoms with Crippen LogP contribution >= 0.6 is 11.6 Å². The van der Waals surface area contributed by atoms with Gasteiger partial charge in [0, 0.05) is 12.5 Å². The minimum Gasteiger partial charge on any atom is -0.488 e. The highest BCUT2D eigenvalue weighted by Gasteiger charge is 2.31. The Bertz CT molecular complexity index is 550. The Morgan fingerprint density at radius 2 is 2.00 bits per heavy atom. The van der Waals surface area contributed by atoms with Crippen LogP contribution in [0.15, 0.2) is 12.1 Å². The minimum atomic E-state index is -0.491. The number of aryl methyl sites for hydroxylation is 1. The summed E-state index contributed by atoms with van der Waals surface area (Å²) in [5.74, 6) is 0.846. The first-order valence-electron chi connectivity index (χ1n) is 8.85. The Kier molecular flexibility index (Phi) is 6.01. The molecular weight excluding hydrogens is 331 g/mol. The topological polar surface area (TPSA) is 27.7 Å². The molecule has 0 bridgehead atoms. The summed E-state index contributed by atoms with van der Waals surface area (Å²) < 4.78 is 31.5. The van der Waals surface area contributed by atoms with Crippen LogP contribution in [0.2, 0.25) is 5.02 Å². The van der Waals surface area contributed by atoms with Crippen LogP contribution in [-0.2, 0) is 9.47 Å². The van der Waals surface area contributed by atoms with Crippen LogP contribution in [0.1, 0.15) is 38.2 Å². The molecule has 2 aliphatic rings. The Morgan fingerprint density at radius 1 is 1.17 bits per heavy atom. The molecule has 0 spiro atoms. The van der Waals surface area contributed by atoms with Gasteiger partial charge in [0.2, 0.25) is 0 Å². The van der Waals surface area contributed by atoms with E-state index in [1.165, 1.54) is 6.42 Å². The number of hydrogen-bond donors (Lipinski definition) is 0. The highest BCUT2D eigenvalue weighted by Crippen LogP contribution is 2.31. The average molecular weight is 357 g/mol. The fourth-order valence-corrected chi connectivity index (χ4v) is 3.60. The van der Waals surface area contributed by atoms with Crippen LogP contribution in [-0.4, -0.2) is 32.0 Å². The van der Waals surface area contributed by atoms with Gasteiger partial charge in [-0.05, 0) is 50.2 Å². The van der Waals surface area contributed by atoms with Crippen LogP contribution in [0.3, 0.4) is 0 Å². The van der Waals surface area contributed by atoms with Gasteiger partial charge in [0.05, 0.1) is 23.8 Å². The van der Waals surface area contributed by atoms with E-state index >= 15 is 0 Å². The molecule has 2 heterocycles. The third-order valence-corrected chi connectivity index (χ3v) is 5.60. The first-order chi connectivity index (χ1) is 11.5. The maximum absolute atomic E-state index is 14.0. The van der Waals surface area contributed by atoms with Gasteiger partial charge in [0.25, 0.3) is 0 Å². The van der Waals surface area contributed by atoms with Gasteiger partial charge in [0.1, 0.15) is 6.61 Å². The van der Waals surface area contributed by atoms with E-state index in [-0.39, 0.29) is 16.9 Å². The summed E-state index contributed by atoms with van der Waals surface area (Å²) >= 11 is 5.92. The van der Waals surface area contributed by atoms with E-state index in [0.29, 0.717) is 36.7 Å². The molecule has 4 atom stereocenters. The summed E-state index contributed by atoms with van der Waals surface area (Å²) in [6.45, 7) is 5.92. The van der Waals surface area contributed by atoms with Crippen molar-refractivity contribution in [1.82, 2.24) is 0 Å². The van der Waals surface area contributed by atoms with E-state index in [1.807, 2.05) is 0 Å². The number of benzene rings is 1. The lowest BCUT2D eigenvalue weighted by Gasteiger charge is -2.37. The van der Waals surface area contributed by atoms with Gasteiger partial charge in [-0.3, -0.25) is 0 Å². The third kappa shape index (κ3) is 4.22.